The highest BCUT2D eigenvalue weighted by Gasteiger charge is 2.14. The first-order chi connectivity index (χ1) is 19.3. The summed E-state index contributed by atoms with van der Waals surface area (Å²) in [5.74, 6) is 0. The van der Waals surface area contributed by atoms with Gasteiger partial charge in [-0.3, -0.25) is 0 Å². The minimum Gasteiger partial charge on any atom is -0.249 e. The Morgan fingerprint density at radius 1 is 0.275 bits per heavy atom. The van der Waals surface area contributed by atoms with Gasteiger partial charge in [-0.25, -0.2) is 16.8 Å². The Kier molecular flexibility index (Phi) is 9.55. The molecule has 0 spiro atoms. The van der Waals surface area contributed by atoms with Crippen LogP contribution in [0.25, 0.3) is 0 Å². The van der Waals surface area contributed by atoms with Crippen molar-refractivity contribution < 1.29 is 16.8 Å². The van der Waals surface area contributed by atoms with E-state index in [4.69, 9.17) is 0 Å². The van der Waals surface area contributed by atoms with Crippen molar-refractivity contribution in [1.29, 1.82) is 0 Å². The van der Waals surface area contributed by atoms with Gasteiger partial charge in [-0.05, 0) is 121 Å². The molecule has 0 heterocycles. The van der Waals surface area contributed by atoms with Gasteiger partial charge in [0.05, 0.1) is 43.2 Å². The zero-order chi connectivity index (χ0) is 28.2. The molecule has 5 rings (SSSR count). The SMILES string of the molecule is O=S(c1ccc(Br)cc1)c1ccc(S(=O)c2ccc(S(=O)c3ccc(S(=O)c4ccc(Br)cc4)cc3)cc2)cc1. The van der Waals surface area contributed by atoms with E-state index in [1.165, 1.54) is 0 Å². The summed E-state index contributed by atoms with van der Waals surface area (Å²) >= 11 is 6.76. The number of benzene rings is 5. The van der Waals surface area contributed by atoms with Gasteiger partial charge in [0.15, 0.2) is 0 Å². The van der Waals surface area contributed by atoms with Crippen LogP contribution in [0.5, 0.6) is 0 Å². The summed E-state index contributed by atoms with van der Waals surface area (Å²) in [6.07, 6.45) is 0. The van der Waals surface area contributed by atoms with E-state index in [9.17, 15) is 16.8 Å². The van der Waals surface area contributed by atoms with Crippen LogP contribution in [0.2, 0.25) is 0 Å². The number of hydrogen-bond acceptors (Lipinski definition) is 4. The van der Waals surface area contributed by atoms with E-state index in [-0.39, 0.29) is 0 Å². The summed E-state index contributed by atoms with van der Waals surface area (Å²) in [7, 11) is -5.57. The van der Waals surface area contributed by atoms with Crippen LogP contribution in [-0.2, 0) is 43.2 Å². The summed E-state index contributed by atoms with van der Waals surface area (Å²) in [6, 6.07) is 35.2. The molecule has 0 bridgehead atoms. The van der Waals surface area contributed by atoms with Crippen molar-refractivity contribution >= 4 is 75.1 Å². The molecule has 0 aliphatic rings. The first kappa shape index (κ1) is 29.2. The van der Waals surface area contributed by atoms with Crippen molar-refractivity contribution in [3.63, 3.8) is 0 Å². The Labute approximate surface area is 259 Å². The molecule has 0 N–H and O–H groups in total. The first-order valence-corrected chi connectivity index (χ1v) is 18.0. The normalized spacial score (nSPS) is 14.2. The Bertz CT molecular complexity index is 1610. The molecule has 0 fully saturated rings. The predicted octanol–water partition coefficient (Wildman–Crippen LogP) is 7.88. The van der Waals surface area contributed by atoms with Gasteiger partial charge in [-0.15, -0.1) is 0 Å². The molecule has 0 amide bonds. The average Bonchev–Trinajstić information content (AvgIpc) is 3.00. The second-order valence-electron chi connectivity index (χ2n) is 8.40. The molecular weight excluding hydrogens is 712 g/mol. The van der Waals surface area contributed by atoms with Crippen LogP contribution in [0.15, 0.2) is 169 Å². The van der Waals surface area contributed by atoms with E-state index in [0.717, 1.165) is 8.95 Å². The summed E-state index contributed by atoms with van der Waals surface area (Å²) < 4.78 is 53.8. The third kappa shape index (κ3) is 6.75. The molecule has 4 unspecified atom stereocenters. The average molecular weight is 733 g/mol. The molecule has 5 aromatic rings. The second-order valence-corrected chi connectivity index (χ2v) is 16.1. The molecule has 0 aliphatic heterocycles. The van der Waals surface area contributed by atoms with E-state index >= 15 is 0 Å². The van der Waals surface area contributed by atoms with E-state index < -0.39 is 43.2 Å². The van der Waals surface area contributed by atoms with E-state index in [2.05, 4.69) is 31.9 Å². The molecule has 0 radical (unpaired) electrons. The number of rotatable bonds is 8. The highest BCUT2D eigenvalue weighted by Crippen LogP contribution is 2.25. The third-order valence-corrected chi connectivity index (χ3v) is 12.5. The molecule has 40 heavy (non-hydrogen) atoms. The largest absolute Gasteiger partial charge is 0.249 e. The fourth-order valence-electron chi connectivity index (χ4n) is 3.72. The maximum absolute atomic E-state index is 13.1. The zero-order valence-corrected chi connectivity index (χ0v) is 27.0. The lowest BCUT2D eigenvalue weighted by Gasteiger charge is -2.08. The van der Waals surface area contributed by atoms with E-state index in [0.29, 0.717) is 39.2 Å². The molecular formula is C30H20Br2O4S4. The summed E-state index contributed by atoms with van der Waals surface area (Å²) in [6.45, 7) is 0. The molecule has 0 aromatic heterocycles. The molecule has 0 aliphatic carbocycles. The van der Waals surface area contributed by atoms with Crippen LogP contribution in [0, 0.1) is 0 Å². The molecule has 10 heteroatoms. The van der Waals surface area contributed by atoms with Crippen molar-refractivity contribution in [3.05, 3.63) is 130 Å². The molecule has 5 aromatic carbocycles. The predicted molar refractivity (Wildman–Crippen MR) is 166 cm³/mol. The van der Waals surface area contributed by atoms with Crippen LogP contribution in [-0.4, -0.2) is 16.8 Å². The Hall–Kier alpha value is -2.34. The summed E-state index contributed by atoms with van der Waals surface area (Å²) in [5, 5.41) is 0. The van der Waals surface area contributed by atoms with Crippen LogP contribution in [0.1, 0.15) is 0 Å². The minimum absolute atomic E-state index is 0.572. The number of halogens is 2. The van der Waals surface area contributed by atoms with Gasteiger partial charge < -0.3 is 0 Å². The van der Waals surface area contributed by atoms with Crippen LogP contribution in [0.4, 0.5) is 0 Å². The van der Waals surface area contributed by atoms with Crippen LogP contribution in [0.3, 0.4) is 0 Å². The van der Waals surface area contributed by atoms with Crippen molar-refractivity contribution in [2.45, 2.75) is 39.2 Å². The van der Waals surface area contributed by atoms with E-state index in [1.807, 2.05) is 24.3 Å². The fourth-order valence-corrected chi connectivity index (χ4v) is 8.40. The van der Waals surface area contributed by atoms with Gasteiger partial charge in [0.25, 0.3) is 0 Å². The van der Waals surface area contributed by atoms with Crippen LogP contribution < -0.4 is 0 Å². The Morgan fingerprint density at radius 3 is 0.550 bits per heavy atom. The maximum atomic E-state index is 13.1. The lowest BCUT2D eigenvalue weighted by molar-refractivity contribution is 0.680. The molecule has 202 valence electrons. The van der Waals surface area contributed by atoms with Gasteiger partial charge in [0.1, 0.15) is 0 Å². The Balaban J connectivity index is 1.26. The van der Waals surface area contributed by atoms with Gasteiger partial charge in [0, 0.05) is 48.1 Å². The van der Waals surface area contributed by atoms with Crippen molar-refractivity contribution in [3.8, 4) is 0 Å². The van der Waals surface area contributed by atoms with E-state index in [1.54, 1.807) is 97.1 Å². The highest BCUT2D eigenvalue weighted by molar-refractivity contribution is 9.10. The smallest absolute Gasteiger partial charge is 0.0849 e. The monoisotopic (exact) mass is 730 g/mol. The minimum atomic E-state index is -1.45. The zero-order valence-electron chi connectivity index (χ0n) is 20.6. The van der Waals surface area contributed by atoms with Gasteiger partial charge in [0.2, 0.25) is 0 Å². The lowest BCUT2D eigenvalue weighted by atomic mass is 10.4. The maximum Gasteiger partial charge on any atom is 0.0849 e. The van der Waals surface area contributed by atoms with Crippen molar-refractivity contribution in [1.82, 2.24) is 0 Å². The fraction of sp³-hybridized carbons (Fsp3) is 0. The van der Waals surface area contributed by atoms with Crippen molar-refractivity contribution in [2.75, 3.05) is 0 Å². The van der Waals surface area contributed by atoms with Gasteiger partial charge >= 0.3 is 0 Å². The topological polar surface area (TPSA) is 68.3 Å². The van der Waals surface area contributed by atoms with Gasteiger partial charge in [-0.2, -0.15) is 0 Å². The van der Waals surface area contributed by atoms with Crippen LogP contribution >= 0.6 is 31.9 Å². The first-order valence-electron chi connectivity index (χ1n) is 11.8. The molecule has 4 nitrogen and oxygen atoms in total. The van der Waals surface area contributed by atoms with Crippen molar-refractivity contribution in [2.24, 2.45) is 0 Å². The highest BCUT2D eigenvalue weighted by atomic mass is 79.9. The lowest BCUT2D eigenvalue weighted by Crippen LogP contribution is -1.98. The molecule has 4 atom stereocenters. The molecule has 0 saturated heterocycles. The van der Waals surface area contributed by atoms with Gasteiger partial charge in [-0.1, -0.05) is 31.9 Å². The summed E-state index contributed by atoms with van der Waals surface area (Å²) in [5.41, 5.74) is 0. The molecule has 0 saturated carbocycles. The summed E-state index contributed by atoms with van der Waals surface area (Å²) in [4.78, 5) is 4.94. The second kappa shape index (κ2) is 13.1. The quantitative estimate of drug-likeness (QED) is 0.163. The Morgan fingerprint density at radius 2 is 0.400 bits per heavy atom. The third-order valence-electron chi connectivity index (χ3n) is 5.81. The standard InChI is InChI=1S/C30H20Br2O4S4/c31-21-1-5-23(6-2-21)37(33)25-9-13-27(14-10-25)39(35)29-17-19-30(20-18-29)40(36)28-15-11-26(12-16-28)38(34)24-7-3-22(32)4-8-24/h1-20H. The number of hydrogen-bond donors (Lipinski definition) is 0.